The van der Waals surface area contributed by atoms with Gasteiger partial charge in [0.15, 0.2) is 0 Å². The summed E-state index contributed by atoms with van der Waals surface area (Å²) in [7, 11) is 1.00. The minimum atomic E-state index is 0.123. The number of hydrogen-bond donors (Lipinski definition) is 2. The Bertz CT molecular complexity index is 117. The lowest BCUT2D eigenvalue weighted by atomic mass is 10.0. The Kier molecular flexibility index (Phi) is 7.00. The maximum absolute atomic E-state index is 10.4. The molecule has 3 nitrogen and oxygen atoms in total. The standard InChI is InChI=1S/C8H15NO.CH4O/c1-7-3-2-4-9-8(5-7)6-10;1-2/h6-9H,2-5H2,1H3;2H,1H3/t7-,8?;/m0./s1. The SMILES string of the molecule is CO.C[C@H]1CCCNC(C=O)C1. The fraction of sp³-hybridized carbons (Fsp3) is 0.889. The van der Waals surface area contributed by atoms with Crippen LogP contribution >= 0.6 is 0 Å². The van der Waals surface area contributed by atoms with Gasteiger partial charge in [0.1, 0.15) is 6.29 Å². The predicted molar refractivity (Wildman–Crippen MR) is 49.0 cm³/mol. The van der Waals surface area contributed by atoms with E-state index in [1.807, 2.05) is 0 Å². The summed E-state index contributed by atoms with van der Waals surface area (Å²) >= 11 is 0. The van der Waals surface area contributed by atoms with E-state index >= 15 is 0 Å². The van der Waals surface area contributed by atoms with Gasteiger partial charge in [-0.1, -0.05) is 6.92 Å². The van der Waals surface area contributed by atoms with Crippen LogP contribution in [0.2, 0.25) is 0 Å². The number of carbonyl (C=O) groups excluding carboxylic acids is 1. The first-order valence-electron chi connectivity index (χ1n) is 4.46. The topological polar surface area (TPSA) is 49.3 Å². The van der Waals surface area contributed by atoms with Crippen LogP contribution in [0.1, 0.15) is 26.2 Å². The van der Waals surface area contributed by atoms with Gasteiger partial charge in [-0.3, -0.25) is 0 Å². The fourth-order valence-corrected chi connectivity index (χ4v) is 1.48. The fourth-order valence-electron chi connectivity index (χ4n) is 1.48. The van der Waals surface area contributed by atoms with Gasteiger partial charge in [-0.2, -0.15) is 0 Å². The van der Waals surface area contributed by atoms with Crippen molar-refractivity contribution in [1.82, 2.24) is 5.32 Å². The summed E-state index contributed by atoms with van der Waals surface area (Å²) in [5.41, 5.74) is 0. The van der Waals surface area contributed by atoms with Crippen LogP contribution in [0.3, 0.4) is 0 Å². The van der Waals surface area contributed by atoms with Crippen LogP contribution in [0.15, 0.2) is 0 Å². The first kappa shape index (κ1) is 11.6. The van der Waals surface area contributed by atoms with E-state index in [-0.39, 0.29) is 6.04 Å². The summed E-state index contributed by atoms with van der Waals surface area (Å²) in [5.74, 6) is 0.713. The third kappa shape index (κ3) is 4.46. The van der Waals surface area contributed by atoms with E-state index in [1.165, 1.54) is 12.8 Å². The normalized spacial score (nSPS) is 29.6. The molecule has 0 aromatic heterocycles. The van der Waals surface area contributed by atoms with Gasteiger partial charge in [0, 0.05) is 7.11 Å². The van der Waals surface area contributed by atoms with E-state index in [4.69, 9.17) is 5.11 Å². The number of aliphatic hydroxyl groups is 1. The average molecular weight is 173 g/mol. The zero-order valence-electron chi connectivity index (χ0n) is 7.92. The zero-order valence-corrected chi connectivity index (χ0v) is 7.92. The molecule has 0 bridgehead atoms. The molecule has 1 fully saturated rings. The van der Waals surface area contributed by atoms with Crippen molar-refractivity contribution in [2.45, 2.75) is 32.2 Å². The minimum Gasteiger partial charge on any atom is -0.400 e. The highest BCUT2D eigenvalue weighted by Gasteiger charge is 2.14. The predicted octanol–water partition coefficient (Wildman–Crippen LogP) is 0.572. The lowest BCUT2D eigenvalue weighted by molar-refractivity contribution is -0.109. The maximum atomic E-state index is 10.4. The summed E-state index contributed by atoms with van der Waals surface area (Å²) in [4.78, 5) is 10.4. The second-order valence-corrected chi connectivity index (χ2v) is 3.18. The van der Waals surface area contributed by atoms with Crippen LogP contribution in [0.25, 0.3) is 0 Å². The monoisotopic (exact) mass is 173 g/mol. The quantitative estimate of drug-likeness (QED) is 0.570. The molecule has 1 heterocycles. The van der Waals surface area contributed by atoms with Crippen molar-refractivity contribution < 1.29 is 9.90 Å². The molecular weight excluding hydrogens is 154 g/mol. The first-order valence-corrected chi connectivity index (χ1v) is 4.46. The van der Waals surface area contributed by atoms with Gasteiger partial charge in [0.25, 0.3) is 0 Å². The van der Waals surface area contributed by atoms with Crippen molar-refractivity contribution in [2.75, 3.05) is 13.7 Å². The molecule has 1 aliphatic rings. The van der Waals surface area contributed by atoms with Crippen LogP contribution in [-0.4, -0.2) is 31.1 Å². The van der Waals surface area contributed by atoms with E-state index < -0.39 is 0 Å². The van der Waals surface area contributed by atoms with E-state index in [1.54, 1.807) is 0 Å². The molecule has 0 saturated carbocycles. The Morgan fingerprint density at radius 1 is 1.50 bits per heavy atom. The van der Waals surface area contributed by atoms with Gasteiger partial charge < -0.3 is 15.2 Å². The molecule has 72 valence electrons. The molecule has 0 aromatic carbocycles. The third-order valence-electron chi connectivity index (χ3n) is 2.10. The number of aliphatic hydroxyl groups excluding tert-OH is 1. The van der Waals surface area contributed by atoms with Gasteiger partial charge in [0.2, 0.25) is 0 Å². The highest BCUT2D eigenvalue weighted by molar-refractivity contribution is 5.57. The highest BCUT2D eigenvalue weighted by Crippen LogP contribution is 2.14. The third-order valence-corrected chi connectivity index (χ3v) is 2.10. The van der Waals surface area contributed by atoms with E-state index in [9.17, 15) is 4.79 Å². The summed E-state index contributed by atoms with van der Waals surface area (Å²) < 4.78 is 0. The number of nitrogens with one attached hydrogen (secondary N) is 1. The van der Waals surface area contributed by atoms with E-state index in [2.05, 4.69) is 12.2 Å². The van der Waals surface area contributed by atoms with Gasteiger partial charge in [-0.15, -0.1) is 0 Å². The Balaban J connectivity index is 0.000000561. The number of carbonyl (C=O) groups is 1. The molecule has 2 N–H and O–H groups in total. The average Bonchev–Trinajstić information content (AvgIpc) is 2.33. The lowest BCUT2D eigenvalue weighted by Crippen LogP contribution is -2.30. The van der Waals surface area contributed by atoms with Crippen LogP contribution < -0.4 is 5.32 Å². The Morgan fingerprint density at radius 3 is 2.75 bits per heavy atom. The van der Waals surface area contributed by atoms with Gasteiger partial charge in [-0.05, 0) is 31.7 Å². The van der Waals surface area contributed by atoms with E-state index in [0.717, 1.165) is 26.4 Å². The summed E-state index contributed by atoms with van der Waals surface area (Å²) in [5, 5.41) is 10.2. The maximum Gasteiger partial charge on any atom is 0.136 e. The molecule has 0 amide bonds. The number of hydrogen-bond acceptors (Lipinski definition) is 3. The van der Waals surface area contributed by atoms with Crippen LogP contribution in [0, 0.1) is 5.92 Å². The van der Waals surface area contributed by atoms with Gasteiger partial charge in [0.05, 0.1) is 6.04 Å². The van der Waals surface area contributed by atoms with Crippen molar-refractivity contribution in [1.29, 1.82) is 0 Å². The molecule has 0 aliphatic carbocycles. The Hall–Kier alpha value is -0.410. The summed E-state index contributed by atoms with van der Waals surface area (Å²) in [6, 6.07) is 0.123. The largest absolute Gasteiger partial charge is 0.400 e. The molecule has 0 radical (unpaired) electrons. The summed E-state index contributed by atoms with van der Waals surface area (Å²) in [6.07, 6.45) is 4.52. The van der Waals surface area contributed by atoms with Crippen molar-refractivity contribution >= 4 is 6.29 Å². The summed E-state index contributed by atoms with van der Waals surface area (Å²) in [6.45, 7) is 3.22. The molecule has 1 saturated heterocycles. The molecule has 0 spiro atoms. The second kappa shape index (κ2) is 7.25. The Labute approximate surface area is 74.2 Å². The van der Waals surface area contributed by atoms with Gasteiger partial charge >= 0.3 is 0 Å². The smallest absolute Gasteiger partial charge is 0.136 e. The molecule has 1 aliphatic heterocycles. The van der Waals surface area contributed by atoms with E-state index in [0.29, 0.717) is 5.92 Å². The molecular formula is C9H19NO2. The molecule has 1 rings (SSSR count). The highest BCUT2D eigenvalue weighted by atomic mass is 16.2. The van der Waals surface area contributed by atoms with Crippen molar-refractivity contribution in [3.8, 4) is 0 Å². The Morgan fingerprint density at radius 2 is 2.17 bits per heavy atom. The molecule has 0 aromatic rings. The lowest BCUT2D eigenvalue weighted by Gasteiger charge is -2.09. The first-order chi connectivity index (χ1) is 5.83. The van der Waals surface area contributed by atoms with Crippen LogP contribution in [0.4, 0.5) is 0 Å². The molecule has 12 heavy (non-hydrogen) atoms. The van der Waals surface area contributed by atoms with Crippen molar-refractivity contribution in [2.24, 2.45) is 5.92 Å². The van der Waals surface area contributed by atoms with Gasteiger partial charge in [-0.25, -0.2) is 0 Å². The molecule has 2 atom stereocenters. The molecule has 3 heteroatoms. The molecule has 1 unspecified atom stereocenters. The van der Waals surface area contributed by atoms with Crippen LogP contribution in [-0.2, 0) is 4.79 Å². The van der Waals surface area contributed by atoms with Crippen molar-refractivity contribution in [3.05, 3.63) is 0 Å². The number of rotatable bonds is 1. The second-order valence-electron chi connectivity index (χ2n) is 3.18. The van der Waals surface area contributed by atoms with Crippen LogP contribution in [0.5, 0.6) is 0 Å². The number of aldehydes is 1. The minimum absolute atomic E-state index is 0.123. The zero-order chi connectivity index (χ0) is 9.40. The van der Waals surface area contributed by atoms with Crippen molar-refractivity contribution in [3.63, 3.8) is 0 Å².